The van der Waals surface area contributed by atoms with Gasteiger partial charge in [-0.2, -0.15) is 0 Å². The first-order valence-electron chi connectivity index (χ1n) is 10.7. The van der Waals surface area contributed by atoms with Crippen LogP contribution < -0.4 is 0 Å². The summed E-state index contributed by atoms with van der Waals surface area (Å²) >= 11 is 2.43. The fraction of sp³-hybridized carbons (Fsp3) is 0. The average Bonchev–Trinajstić information content (AvgIpc) is 3.20. The van der Waals surface area contributed by atoms with Crippen LogP contribution in [0.4, 0.5) is 0 Å². The number of hydrogen-bond donors (Lipinski definition) is 0. The Labute approximate surface area is 198 Å². The molecule has 1 heterocycles. The molecule has 0 aliphatic carbocycles. The van der Waals surface area contributed by atoms with Gasteiger partial charge in [0.15, 0.2) is 0 Å². The molecule has 150 valence electrons. The van der Waals surface area contributed by atoms with E-state index in [1.165, 1.54) is 52.4 Å². The molecule has 0 radical (unpaired) electrons. The van der Waals surface area contributed by atoms with Gasteiger partial charge >= 0.3 is 0 Å². The lowest BCUT2D eigenvalue weighted by Crippen LogP contribution is -1.87. The molecule has 0 atom stereocenters. The van der Waals surface area contributed by atoms with Crippen LogP contribution in [0.25, 0.3) is 65.4 Å². The fourth-order valence-corrected chi connectivity index (χ4v) is 5.65. The Balaban J connectivity index is 1.67. The molecule has 0 unspecified atom stereocenters. The predicted octanol–water partition coefficient (Wildman–Crippen LogP) is 9.32. The van der Waals surface area contributed by atoms with Gasteiger partial charge in [-0.05, 0) is 84.9 Å². The first-order valence-corrected chi connectivity index (χ1v) is 11.8. The van der Waals surface area contributed by atoms with Gasteiger partial charge in [0.25, 0.3) is 0 Å². The van der Waals surface area contributed by atoms with Crippen molar-refractivity contribution in [3.8, 4) is 11.1 Å². The summed E-state index contributed by atoms with van der Waals surface area (Å²) in [5.74, 6) is 0. The van der Waals surface area contributed by atoms with Gasteiger partial charge in [-0.25, -0.2) is 0 Å². The minimum atomic E-state index is 0.938. The van der Waals surface area contributed by atoms with Crippen molar-refractivity contribution in [1.82, 2.24) is 0 Å². The molecule has 0 aliphatic rings. The molecule has 1 nitrogen and oxygen atoms in total. The summed E-state index contributed by atoms with van der Waals surface area (Å²) in [4.78, 5) is 0. The number of halogens is 1. The van der Waals surface area contributed by atoms with E-state index >= 15 is 0 Å². The lowest BCUT2D eigenvalue weighted by molar-refractivity contribution is 0.673. The summed E-state index contributed by atoms with van der Waals surface area (Å²) in [6.07, 6.45) is 0. The molecule has 7 aromatic rings. The maximum absolute atomic E-state index is 6.47. The predicted molar refractivity (Wildman–Crippen MR) is 144 cm³/mol. The maximum Gasteiger partial charge on any atom is 0.143 e. The number of benzene rings is 6. The van der Waals surface area contributed by atoms with E-state index in [-0.39, 0.29) is 0 Å². The van der Waals surface area contributed by atoms with E-state index < -0.39 is 0 Å². The molecule has 6 aromatic carbocycles. The highest BCUT2D eigenvalue weighted by Gasteiger charge is 2.17. The van der Waals surface area contributed by atoms with Crippen molar-refractivity contribution < 1.29 is 4.42 Å². The Bertz CT molecular complexity index is 1840. The largest absolute Gasteiger partial charge is 0.455 e. The zero-order valence-electron chi connectivity index (χ0n) is 17.1. The van der Waals surface area contributed by atoms with Crippen molar-refractivity contribution in [1.29, 1.82) is 0 Å². The molecule has 0 saturated carbocycles. The molecular weight excluding hydrogens is 503 g/mol. The SMILES string of the molecule is Ic1ccc(-c2cc3c4cc5ccccc5cc4oc3c3ccccc23)c2ccccc12. The number of furan rings is 1. The van der Waals surface area contributed by atoms with Crippen LogP contribution in [0, 0.1) is 3.57 Å². The standard InChI is InChI=1S/C30H17IO/c31-28-14-13-22(20-9-3-5-11-23(20)28)25-17-27-26-15-18-7-1-2-8-19(18)16-29(26)32-30(27)24-12-6-4-10-21(24)25/h1-17H. The Morgan fingerprint density at radius 1 is 0.469 bits per heavy atom. The molecule has 0 amide bonds. The van der Waals surface area contributed by atoms with E-state index in [2.05, 4.69) is 126 Å². The van der Waals surface area contributed by atoms with Crippen molar-refractivity contribution in [3.05, 3.63) is 107 Å². The van der Waals surface area contributed by atoms with E-state index in [9.17, 15) is 0 Å². The second kappa shape index (κ2) is 6.81. The molecule has 1 aromatic heterocycles. The highest BCUT2D eigenvalue weighted by Crippen LogP contribution is 2.42. The number of hydrogen-bond acceptors (Lipinski definition) is 1. The highest BCUT2D eigenvalue weighted by molar-refractivity contribution is 14.1. The van der Waals surface area contributed by atoms with E-state index in [1.807, 2.05) is 0 Å². The molecule has 0 fully saturated rings. The van der Waals surface area contributed by atoms with E-state index in [0.717, 1.165) is 16.6 Å². The maximum atomic E-state index is 6.47. The fourth-order valence-electron chi connectivity index (χ4n) is 5.00. The second-order valence-corrected chi connectivity index (χ2v) is 9.45. The van der Waals surface area contributed by atoms with Crippen LogP contribution in [0.15, 0.2) is 108 Å². The lowest BCUT2D eigenvalue weighted by atomic mass is 9.92. The molecule has 0 aliphatic heterocycles. The minimum absolute atomic E-state index is 0.938. The molecule has 0 saturated heterocycles. The van der Waals surface area contributed by atoms with E-state index in [1.54, 1.807) is 0 Å². The van der Waals surface area contributed by atoms with Crippen molar-refractivity contribution in [2.45, 2.75) is 0 Å². The van der Waals surface area contributed by atoms with Crippen LogP contribution in [0.5, 0.6) is 0 Å². The third kappa shape index (κ3) is 2.56. The monoisotopic (exact) mass is 520 g/mol. The molecule has 2 heteroatoms. The third-order valence-corrected chi connectivity index (χ3v) is 7.45. The first kappa shape index (κ1) is 18.2. The summed E-state index contributed by atoms with van der Waals surface area (Å²) < 4.78 is 7.74. The Hall–Kier alpha value is -3.37. The van der Waals surface area contributed by atoms with Crippen molar-refractivity contribution in [2.24, 2.45) is 0 Å². The molecule has 0 spiro atoms. The molecule has 0 bridgehead atoms. The van der Waals surface area contributed by atoms with Crippen molar-refractivity contribution in [3.63, 3.8) is 0 Å². The van der Waals surface area contributed by atoms with Gasteiger partial charge in [0.1, 0.15) is 11.2 Å². The average molecular weight is 520 g/mol. The van der Waals surface area contributed by atoms with Gasteiger partial charge in [-0.1, -0.05) is 78.9 Å². The van der Waals surface area contributed by atoms with Crippen molar-refractivity contribution in [2.75, 3.05) is 0 Å². The molecule has 32 heavy (non-hydrogen) atoms. The van der Waals surface area contributed by atoms with Crippen LogP contribution in [0.3, 0.4) is 0 Å². The number of rotatable bonds is 1. The normalized spacial score (nSPS) is 11.9. The summed E-state index contributed by atoms with van der Waals surface area (Å²) in [5, 5.41) is 9.71. The van der Waals surface area contributed by atoms with Crippen LogP contribution in [0.1, 0.15) is 0 Å². The Morgan fingerprint density at radius 2 is 1.09 bits per heavy atom. The van der Waals surface area contributed by atoms with Crippen molar-refractivity contribution >= 4 is 76.8 Å². The topological polar surface area (TPSA) is 13.1 Å². The Kier molecular flexibility index (Phi) is 3.88. The second-order valence-electron chi connectivity index (χ2n) is 8.28. The van der Waals surface area contributed by atoms with Crippen LogP contribution >= 0.6 is 22.6 Å². The molecular formula is C30H17IO. The van der Waals surface area contributed by atoms with Gasteiger partial charge < -0.3 is 4.42 Å². The summed E-state index contributed by atoms with van der Waals surface area (Å²) in [7, 11) is 0. The summed E-state index contributed by atoms with van der Waals surface area (Å²) in [6, 6.07) is 37.0. The quantitative estimate of drug-likeness (QED) is 0.197. The van der Waals surface area contributed by atoms with Crippen LogP contribution in [0.2, 0.25) is 0 Å². The highest BCUT2D eigenvalue weighted by atomic mass is 127. The van der Waals surface area contributed by atoms with E-state index in [0.29, 0.717) is 0 Å². The zero-order valence-corrected chi connectivity index (χ0v) is 19.3. The van der Waals surface area contributed by atoms with Gasteiger partial charge in [-0.15, -0.1) is 0 Å². The number of fused-ring (bicyclic) bond motifs is 7. The molecule has 0 N–H and O–H groups in total. The smallest absolute Gasteiger partial charge is 0.143 e. The Morgan fingerprint density at radius 3 is 1.88 bits per heavy atom. The van der Waals surface area contributed by atoms with Gasteiger partial charge in [0.2, 0.25) is 0 Å². The van der Waals surface area contributed by atoms with Gasteiger partial charge in [0.05, 0.1) is 0 Å². The van der Waals surface area contributed by atoms with Crippen LogP contribution in [-0.2, 0) is 0 Å². The summed E-state index contributed by atoms with van der Waals surface area (Å²) in [5.41, 5.74) is 4.41. The van der Waals surface area contributed by atoms with Crippen LogP contribution in [-0.4, -0.2) is 0 Å². The molecule has 7 rings (SSSR count). The lowest BCUT2D eigenvalue weighted by Gasteiger charge is -2.12. The van der Waals surface area contributed by atoms with Gasteiger partial charge in [0, 0.05) is 19.7 Å². The minimum Gasteiger partial charge on any atom is -0.455 e. The first-order chi connectivity index (χ1) is 15.8. The van der Waals surface area contributed by atoms with Gasteiger partial charge in [-0.3, -0.25) is 0 Å². The third-order valence-electron chi connectivity index (χ3n) is 6.51. The zero-order chi connectivity index (χ0) is 21.2. The van der Waals surface area contributed by atoms with E-state index in [4.69, 9.17) is 4.42 Å². The summed E-state index contributed by atoms with van der Waals surface area (Å²) in [6.45, 7) is 0.